The molecule has 2 nitrogen and oxygen atoms in total. The minimum absolute atomic E-state index is 0.186. The smallest absolute Gasteiger partial charge is 0.196 e. The number of rotatable bonds is 8. The Morgan fingerprint density at radius 1 is 1.03 bits per heavy atom. The van der Waals surface area contributed by atoms with Gasteiger partial charge in [-0.05, 0) is 71.6 Å². The van der Waals surface area contributed by atoms with Gasteiger partial charge in [0.2, 0.25) is 0 Å². The lowest BCUT2D eigenvalue weighted by Gasteiger charge is -2.41. The molecule has 2 heteroatoms. The van der Waals surface area contributed by atoms with E-state index < -0.39 is 0 Å². The van der Waals surface area contributed by atoms with Crippen LogP contribution in [0.4, 0.5) is 0 Å². The molecule has 1 aromatic rings. The van der Waals surface area contributed by atoms with Gasteiger partial charge in [0.05, 0.1) is 6.61 Å². The molecule has 0 bridgehead atoms. The first kappa shape index (κ1) is 23.6. The molecule has 0 heterocycles. The second kappa shape index (κ2) is 9.63. The molecule has 0 spiro atoms. The van der Waals surface area contributed by atoms with E-state index in [0.717, 1.165) is 24.7 Å². The van der Waals surface area contributed by atoms with Crippen molar-refractivity contribution < 1.29 is 9.47 Å². The summed E-state index contributed by atoms with van der Waals surface area (Å²) in [7, 11) is 0. The maximum Gasteiger partial charge on any atom is 0.196 e. The second-order valence-corrected chi connectivity index (χ2v) is 11.7. The second-order valence-electron chi connectivity index (χ2n) is 11.7. The van der Waals surface area contributed by atoms with E-state index in [9.17, 15) is 0 Å². The van der Waals surface area contributed by atoms with E-state index in [-0.39, 0.29) is 6.29 Å². The van der Waals surface area contributed by atoms with E-state index in [1.165, 1.54) is 50.5 Å². The lowest BCUT2D eigenvalue weighted by molar-refractivity contribution is -0.0711. The van der Waals surface area contributed by atoms with Crippen LogP contribution in [0.5, 0.6) is 5.75 Å². The molecule has 2 aliphatic carbocycles. The van der Waals surface area contributed by atoms with Gasteiger partial charge in [0, 0.05) is 0 Å². The van der Waals surface area contributed by atoms with Crippen LogP contribution in [0.1, 0.15) is 110 Å². The van der Waals surface area contributed by atoms with Gasteiger partial charge in [0.1, 0.15) is 5.75 Å². The van der Waals surface area contributed by atoms with Gasteiger partial charge in [-0.3, -0.25) is 0 Å². The molecule has 30 heavy (non-hydrogen) atoms. The van der Waals surface area contributed by atoms with Crippen molar-refractivity contribution in [3.05, 3.63) is 29.3 Å². The van der Waals surface area contributed by atoms with Gasteiger partial charge in [-0.2, -0.15) is 0 Å². The number of hydrogen-bond acceptors (Lipinski definition) is 2. The Hall–Kier alpha value is -1.02. The maximum atomic E-state index is 6.17. The van der Waals surface area contributed by atoms with Crippen molar-refractivity contribution in [1.82, 2.24) is 0 Å². The molecule has 0 aliphatic heterocycles. The lowest BCUT2D eigenvalue weighted by Crippen LogP contribution is -2.33. The predicted octanol–water partition coefficient (Wildman–Crippen LogP) is 8.14. The van der Waals surface area contributed by atoms with Crippen molar-refractivity contribution in [3.8, 4) is 5.75 Å². The summed E-state index contributed by atoms with van der Waals surface area (Å²) in [4.78, 5) is 0. The Bertz CT molecular complexity index is 678. The minimum atomic E-state index is -0.186. The topological polar surface area (TPSA) is 18.5 Å². The molecule has 1 fully saturated rings. The minimum Gasteiger partial charge on any atom is -0.465 e. The Kier molecular flexibility index (Phi) is 7.59. The van der Waals surface area contributed by atoms with Gasteiger partial charge in [0.25, 0.3) is 0 Å². The zero-order chi connectivity index (χ0) is 21.9. The first-order valence-electron chi connectivity index (χ1n) is 12.5. The van der Waals surface area contributed by atoms with Crippen molar-refractivity contribution in [2.24, 2.45) is 22.7 Å². The third-order valence-corrected chi connectivity index (χ3v) is 8.06. The summed E-state index contributed by atoms with van der Waals surface area (Å²) in [6.07, 6.45) is 10.3. The van der Waals surface area contributed by atoms with Gasteiger partial charge in [-0.1, -0.05) is 86.1 Å². The third-order valence-electron chi connectivity index (χ3n) is 8.06. The molecule has 0 amide bonds. The van der Waals surface area contributed by atoms with Crippen molar-refractivity contribution in [2.75, 3.05) is 6.61 Å². The number of ether oxygens (including phenoxy) is 2. The Morgan fingerprint density at radius 2 is 1.73 bits per heavy atom. The summed E-state index contributed by atoms with van der Waals surface area (Å²) < 4.78 is 12.2. The van der Waals surface area contributed by atoms with Crippen LogP contribution in [0.25, 0.3) is 0 Å². The van der Waals surface area contributed by atoms with Crippen LogP contribution in [-0.2, 0) is 11.2 Å². The van der Waals surface area contributed by atoms with Crippen molar-refractivity contribution >= 4 is 0 Å². The zero-order valence-corrected chi connectivity index (χ0v) is 20.7. The Morgan fingerprint density at radius 3 is 2.37 bits per heavy atom. The highest BCUT2D eigenvalue weighted by molar-refractivity contribution is 5.43. The summed E-state index contributed by atoms with van der Waals surface area (Å²) in [6, 6.07) is 6.80. The molecule has 0 radical (unpaired) electrons. The van der Waals surface area contributed by atoms with E-state index in [0.29, 0.717) is 22.7 Å². The fourth-order valence-corrected chi connectivity index (χ4v) is 5.80. The summed E-state index contributed by atoms with van der Waals surface area (Å²) >= 11 is 0. The molecule has 0 N–H and O–H groups in total. The maximum absolute atomic E-state index is 6.17. The zero-order valence-electron chi connectivity index (χ0n) is 20.7. The van der Waals surface area contributed by atoms with Crippen LogP contribution in [0.2, 0.25) is 0 Å². The monoisotopic (exact) mass is 414 g/mol. The van der Waals surface area contributed by atoms with Crippen LogP contribution >= 0.6 is 0 Å². The highest BCUT2D eigenvalue weighted by atomic mass is 16.7. The van der Waals surface area contributed by atoms with Gasteiger partial charge in [-0.15, -0.1) is 0 Å². The average Bonchev–Trinajstić information content (AvgIpc) is 3.09. The number of fused-ring (bicyclic) bond motifs is 1. The SMILES string of the molecule is CCC(C)(C)C1c2ccc(OC(C)OCCC3CCCCC3)cc2CC1C(C)(C)C. The van der Waals surface area contributed by atoms with Crippen LogP contribution < -0.4 is 4.74 Å². The van der Waals surface area contributed by atoms with Crippen LogP contribution in [0.3, 0.4) is 0 Å². The molecule has 0 aromatic heterocycles. The van der Waals surface area contributed by atoms with Gasteiger partial charge >= 0.3 is 0 Å². The first-order valence-corrected chi connectivity index (χ1v) is 12.5. The van der Waals surface area contributed by atoms with Crippen LogP contribution in [0.15, 0.2) is 18.2 Å². The summed E-state index contributed by atoms with van der Waals surface area (Å²) in [6.45, 7) is 17.3. The van der Waals surface area contributed by atoms with Crippen molar-refractivity contribution in [1.29, 1.82) is 0 Å². The predicted molar refractivity (Wildman–Crippen MR) is 127 cm³/mol. The number of hydrogen-bond donors (Lipinski definition) is 0. The average molecular weight is 415 g/mol. The van der Waals surface area contributed by atoms with Gasteiger partial charge in [-0.25, -0.2) is 0 Å². The van der Waals surface area contributed by atoms with E-state index >= 15 is 0 Å². The van der Waals surface area contributed by atoms with Crippen molar-refractivity contribution in [3.63, 3.8) is 0 Å². The van der Waals surface area contributed by atoms with Crippen molar-refractivity contribution in [2.45, 2.75) is 112 Å². The van der Waals surface area contributed by atoms with E-state index in [1.54, 1.807) is 5.56 Å². The molecule has 3 rings (SSSR count). The molecular formula is C28H46O2. The molecular weight excluding hydrogens is 368 g/mol. The van der Waals surface area contributed by atoms with E-state index in [2.05, 4.69) is 59.7 Å². The molecule has 1 aromatic carbocycles. The largest absolute Gasteiger partial charge is 0.465 e. The Balaban J connectivity index is 1.63. The quantitative estimate of drug-likeness (QED) is 0.400. The fraction of sp³-hybridized carbons (Fsp3) is 0.786. The molecule has 2 aliphatic rings. The highest BCUT2D eigenvalue weighted by Gasteiger charge is 2.46. The molecule has 1 saturated carbocycles. The molecule has 0 saturated heterocycles. The lowest BCUT2D eigenvalue weighted by atomic mass is 9.63. The highest BCUT2D eigenvalue weighted by Crippen LogP contribution is 2.55. The summed E-state index contributed by atoms with van der Waals surface area (Å²) in [5.41, 5.74) is 3.63. The van der Waals surface area contributed by atoms with Crippen LogP contribution in [-0.4, -0.2) is 12.9 Å². The summed E-state index contributed by atoms with van der Waals surface area (Å²) in [5.74, 6) is 3.10. The van der Waals surface area contributed by atoms with Crippen LogP contribution in [0, 0.1) is 22.7 Å². The third kappa shape index (κ3) is 5.61. The Labute approximate surface area is 186 Å². The summed E-state index contributed by atoms with van der Waals surface area (Å²) in [5, 5.41) is 0. The molecule has 3 atom stereocenters. The number of benzene rings is 1. The molecule has 3 unspecified atom stereocenters. The normalized spacial score (nSPS) is 24.0. The van der Waals surface area contributed by atoms with Gasteiger partial charge in [0.15, 0.2) is 6.29 Å². The fourth-order valence-electron chi connectivity index (χ4n) is 5.80. The van der Waals surface area contributed by atoms with Gasteiger partial charge < -0.3 is 9.47 Å². The molecule has 170 valence electrons. The standard InChI is InChI=1S/C28H46O2/c1-8-28(6,7)26-24-15-14-23(18-22(24)19-25(26)27(3,4)5)30-20(2)29-17-16-21-12-10-9-11-13-21/h14-15,18,20-21,25-26H,8-13,16-17,19H2,1-7H3. The van der Waals surface area contributed by atoms with E-state index in [4.69, 9.17) is 9.47 Å². The first-order chi connectivity index (χ1) is 14.1. The van der Waals surface area contributed by atoms with E-state index in [1.807, 2.05) is 6.92 Å².